The molecule has 0 saturated heterocycles. The van der Waals surface area contributed by atoms with Crippen LogP contribution in [0.25, 0.3) is 0 Å². The zero-order valence-electron chi connectivity index (χ0n) is 13.0. The zero-order chi connectivity index (χ0) is 17.4. The molecule has 1 rings (SSSR count). The van der Waals surface area contributed by atoms with Crippen molar-refractivity contribution >= 4 is 17.8 Å². The Kier molecular flexibility index (Phi) is 7.01. The molecule has 0 heterocycles. The van der Waals surface area contributed by atoms with Crippen molar-refractivity contribution in [3.05, 3.63) is 29.8 Å². The summed E-state index contributed by atoms with van der Waals surface area (Å²) in [6.45, 7) is 1.60. The lowest BCUT2D eigenvalue weighted by atomic mass is 10.1. The van der Waals surface area contributed by atoms with Crippen LogP contribution in [0.5, 0.6) is 5.75 Å². The van der Waals surface area contributed by atoms with E-state index in [-0.39, 0.29) is 13.0 Å². The van der Waals surface area contributed by atoms with E-state index in [9.17, 15) is 14.4 Å². The van der Waals surface area contributed by atoms with Gasteiger partial charge in [-0.05, 0) is 24.6 Å². The van der Waals surface area contributed by atoms with E-state index in [2.05, 4.69) is 10.6 Å². The number of methoxy groups -OCH3 is 1. The van der Waals surface area contributed by atoms with Crippen LogP contribution >= 0.6 is 0 Å². The molecule has 8 heteroatoms. The molecule has 0 aromatic heterocycles. The number of nitrogens with two attached hydrogens (primary N) is 1. The quantitative estimate of drug-likeness (QED) is 0.516. The number of carboxylic acids is 1. The Morgan fingerprint density at radius 3 is 2.39 bits per heavy atom. The van der Waals surface area contributed by atoms with Crippen molar-refractivity contribution in [1.29, 1.82) is 0 Å². The molecule has 2 atom stereocenters. The molecule has 0 radical (unpaired) electrons. The predicted octanol–water partition coefficient (Wildman–Crippen LogP) is -0.382. The summed E-state index contributed by atoms with van der Waals surface area (Å²) in [5.41, 5.74) is 6.50. The van der Waals surface area contributed by atoms with E-state index >= 15 is 0 Å². The second kappa shape index (κ2) is 8.74. The summed E-state index contributed by atoms with van der Waals surface area (Å²) in [6, 6.07) is 5.05. The van der Waals surface area contributed by atoms with E-state index in [0.717, 1.165) is 5.56 Å². The number of hydrogen-bond donors (Lipinski definition) is 4. The molecule has 0 spiro atoms. The van der Waals surface area contributed by atoms with Gasteiger partial charge in [-0.15, -0.1) is 0 Å². The molecule has 0 aliphatic carbocycles. The van der Waals surface area contributed by atoms with Crippen molar-refractivity contribution in [2.45, 2.75) is 32.0 Å². The van der Waals surface area contributed by atoms with Gasteiger partial charge in [0.1, 0.15) is 11.8 Å². The van der Waals surface area contributed by atoms with Gasteiger partial charge in [-0.3, -0.25) is 14.4 Å². The number of ether oxygens (including phenoxy) is 1. The van der Waals surface area contributed by atoms with Crippen LogP contribution in [0.15, 0.2) is 24.3 Å². The molecule has 0 fully saturated rings. The summed E-state index contributed by atoms with van der Waals surface area (Å²) in [5.74, 6) is -1.53. The lowest BCUT2D eigenvalue weighted by Crippen LogP contribution is -2.46. The van der Waals surface area contributed by atoms with Crippen LogP contribution in [0.1, 0.15) is 18.9 Å². The molecule has 2 amide bonds. The number of carbonyl (C=O) groups excluding carboxylic acids is 2. The van der Waals surface area contributed by atoms with Gasteiger partial charge in [-0.25, -0.2) is 0 Å². The number of hydrogen-bond acceptors (Lipinski definition) is 5. The monoisotopic (exact) mass is 323 g/mol. The first-order valence-electron chi connectivity index (χ1n) is 7.02. The minimum absolute atomic E-state index is 0.268. The number of amides is 2. The highest BCUT2D eigenvalue weighted by atomic mass is 16.5. The van der Waals surface area contributed by atoms with Crippen LogP contribution in [0.3, 0.4) is 0 Å². The van der Waals surface area contributed by atoms with Crippen molar-refractivity contribution < 1.29 is 24.2 Å². The molecular weight excluding hydrogens is 302 g/mol. The van der Waals surface area contributed by atoms with Crippen molar-refractivity contribution in [3.8, 4) is 5.75 Å². The maximum atomic E-state index is 11.8. The summed E-state index contributed by atoms with van der Waals surface area (Å²) in [6.07, 6.45) is -0.286. The van der Waals surface area contributed by atoms with Crippen LogP contribution in [0.2, 0.25) is 0 Å². The molecule has 126 valence electrons. The largest absolute Gasteiger partial charge is 0.497 e. The van der Waals surface area contributed by atoms with Crippen LogP contribution in [0, 0.1) is 0 Å². The predicted molar refractivity (Wildman–Crippen MR) is 82.7 cm³/mol. The van der Waals surface area contributed by atoms with E-state index in [4.69, 9.17) is 15.6 Å². The minimum Gasteiger partial charge on any atom is -0.497 e. The number of benzene rings is 1. The fraction of sp³-hybridized carbons (Fsp3) is 0.400. The molecule has 5 N–H and O–H groups in total. The number of aliphatic carboxylic acids is 1. The number of carboxylic acid groups (broad SMARTS) is 1. The number of nitrogens with one attached hydrogen (secondary N) is 2. The second-order valence-corrected chi connectivity index (χ2v) is 5.00. The third-order valence-corrected chi connectivity index (χ3v) is 3.12. The Labute approximate surface area is 134 Å². The average molecular weight is 323 g/mol. The van der Waals surface area contributed by atoms with Gasteiger partial charge in [0.25, 0.3) is 0 Å². The maximum absolute atomic E-state index is 11.8. The van der Waals surface area contributed by atoms with Gasteiger partial charge >= 0.3 is 5.97 Å². The third kappa shape index (κ3) is 6.35. The summed E-state index contributed by atoms with van der Waals surface area (Å²) in [7, 11) is 1.56. The summed E-state index contributed by atoms with van der Waals surface area (Å²) < 4.78 is 5.03. The first-order valence-corrected chi connectivity index (χ1v) is 7.02. The number of rotatable bonds is 8. The maximum Gasteiger partial charge on any atom is 0.325 e. The zero-order valence-corrected chi connectivity index (χ0v) is 13.0. The highest BCUT2D eigenvalue weighted by Gasteiger charge is 2.20. The third-order valence-electron chi connectivity index (χ3n) is 3.12. The van der Waals surface area contributed by atoms with Crippen molar-refractivity contribution in [2.75, 3.05) is 7.11 Å². The van der Waals surface area contributed by atoms with Crippen molar-refractivity contribution in [2.24, 2.45) is 5.73 Å². The van der Waals surface area contributed by atoms with E-state index in [1.807, 2.05) is 0 Å². The van der Waals surface area contributed by atoms with E-state index in [1.54, 1.807) is 31.4 Å². The standard InChI is InChI=1S/C15H21N3O5/c1-9(15(21)22)18-13(19)7-12(16)14(20)17-8-10-3-5-11(23-2)6-4-10/h3-6,9,12H,7-8,16H2,1-2H3,(H,17,20)(H,18,19)(H,21,22)/t9-,12+/m1/s1. The Morgan fingerprint density at radius 2 is 1.87 bits per heavy atom. The van der Waals surface area contributed by atoms with Gasteiger partial charge in [0.05, 0.1) is 19.6 Å². The van der Waals surface area contributed by atoms with Crippen LogP contribution < -0.4 is 21.1 Å². The lowest BCUT2D eigenvalue weighted by molar-refractivity contribution is -0.141. The van der Waals surface area contributed by atoms with Crippen LogP contribution in [-0.4, -0.2) is 42.1 Å². The lowest BCUT2D eigenvalue weighted by Gasteiger charge is -2.14. The van der Waals surface area contributed by atoms with Gasteiger partial charge in [0.15, 0.2) is 0 Å². The van der Waals surface area contributed by atoms with Gasteiger partial charge in [0.2, 0.25) is 11.8 Å². The molecule has 0 aliphatic heterocycles. The van der Waals surface area contributed by atoms with Gasteiger partial charge in [0, 0.05) is 6.54 Å². The average Bonchev–Trinajstić information content (AvgIpc) is 2.52. The minimum atomic E-state index is -1.16. The molecule has 0 saturated carbocycles. The Morgan fingerprint density at radius 1 is 1.26 bits per heavy atom. The van der Waals surface area contributed by atoms with Gasteiger partial charge in [-0.2, -0.15) is 0 Å². The fourth-order valence-electron chi connectivity index (χ4n) is 1.72. The molecular formula is C15H21N3O5. The first kappa shape index (κ1) is 18.4. The topological polar surface area (TPSA) is 131 Å². The summed E-state index contributed by atoms with van der Waals surface area (Å²) in [5, 5.41) is 13.5. The molecule has 0 bridgehead atoms. The first-order chi connectivity index (χ1) is 10.8. The normalized spacial score (nSPS) is 12.8. The molecule has 0 unspecified atom stereocenters. The number of carbonyl (C=O) groups is 3. The summed E-state index contributed by atoms with van der Waals surface area (Å²) in [4.78, 5) is 34.0. The van der Waals surface area contributed by atoms with Crippen LogP contribution in [-0.2, 0) is 20.9 Å². The van der Waals surface area contributed by atoms with E-state index in [0.29, 0.717) is 5.75 Å². The van der Waals surface area contributed by atoms with Crippen LogP contribution in [0.4, 0.5) is 0 Å². The molecule has 23 heavy (non-hydrogen) atoms. The van der Waals surface area contributed by atoms with Crippen molar-refractivity contribution in [3.63, 3.8) is 0 Å². The smallest absolute Gasteiger partial charge is 0.325 e. The Hall–Kier alpha value is -2.61. The highest BCUT2D eigenvalue weighted by molar-refractivity contribution is 5.89. The summed E-state index contributed by atoms with van der Waals surface area (Å²) >= 11 is 0. The Balaban J connectivity index is 2.41. The highest BCUT2D eigenvalue weighted by Crippen LogP contribution is 2.10. The second-order valence-electron chi connectivity index (χ2n) is 5.00. The molecule has 1 aromatic carbocycles. The van der Waals surface area contributed by atoms with Gasteiger partial charge in [-0.1, -0.05) is 12.1 Å². The molecule has 8 nitrogen and oxygen atoms in total. The molecule has 1 aromatic rings. The van der Waals surface area contributed by atoms with Gasteiger partial charge < -0.3 is 26.2 Å². The Bertz CT molecular complexity index is 559. The van der Waals surface area contributed by atoms with Crippen molar-refractivity contribution in [1.82, 2.24) is 10.6 Å². The fourth-order valence-corrected chi connectivity index (χ4v) is 1.72. The van der Waals surface area contributed by atoms with E-state index in [1.165, 1.54) is 6.92 Å². The van der Waals surface area contributed by atoms with E-state index < -0.39 is 29.9 Å². The molecule has 0 aliphatic rings. The SMILES string of the molecule is COc1ccc(CNC(=O)[C@@H](N)CC(=O)N[C@H](C)C(=O)O)cc1.